The Morgan fingerprint density at radius 1 is 0.236 bits per heavy atom. The van der Waals surface area contributed by atoms with E-state index in [4.69, 9.17) is 9.97 Å². The van der Waals surface area contributed by atoms with Gasteiger partial charge in [-0.15, -0.1) is 0 Å². The van der Waals surface area contributed by atoms with Crippen molar-refractivity contribution >= 4 is 54.4 Å². The molecule has 14 aromatic rings. The third kappa shape index (κ3) is 6.69. The van der Waals surface area contributed by atoms with Crippen LogP contribution in [0.1, 0.15) is 0 Å². The van der Waals surface area contributed by atoms with E-state index in [2.05, 4.69) is 276 Å². The molecule has 2 heterocycles. The zero-order valence-electron chi connectivity index (χ0n) is 39.2. The highest BCUT2D eigenvalue weighted by Gasteiger charge is 2.28. The van der Waals surface area contributed by atoms with E-state index >= 15 is 0 Å². The van der Waals surface area contributed by atoms with Crippen LogP contribution >= 0.6 is 0 Å². The van der Waals surface area contributed by atoms with E-state index in [0.29, 0.717) is 0 Å². The first-order chi connectivity index (χ1) is 35.8. The highest BCUT2D eigenvalue weighted by molar-refractivity contribution is 6.35. The minimum Gasteiger partial charge on any atom is -0.292 e. The number of nitrogens with zero attached hydrogens (tertiary/aromatic N) is 4. The van der Waals surface area contributed by atoms with Crippen molar-refractivity contribution in [3.8, 4) is 78.7 Å². The van der Waals surface area contributed by atoms with Gasteiger partial charge in [-0.25, -0.2) is 9.97 Å². The predicted octanol–water partition coefficient (Wildman–Crippen LogP) is 17.8. The van der Waals surface area contributed by atoms with Crippen molar-refractivity contribution in [1.82, 2.24) is 19.1 Å². The van der Waals surface area contributed by atoms with Gasteiger partial charge in [0.2, 0.25) is 0 Å². The molecule has 0 atom stereocenters. The molecule has 0 amide bonds. The van der Waals surface area contributed by atoms with Gasteiger partial charge in [-0.2, -0.15) is 0 Å². The van der Waals surface area contributed by atoms with Crippen LogP contribution in [0.5, 0.6) is 0 Å². The smallest absolute Gasteiger partial charge is 0.145 e. The normalized spacial score (nSPS) is 11.6. The first kappa shape index (κ1) is 41.3. The van der Waals surface area contributed by atoms with Crippen LogP contribution in [-0.2, 0) is 0 Å². The fraction of sp³-hybridized carbons (Fsp3) is 0. The van der Waals surface area contributed by atoms with Gasteiger partial charge in [0.1, 0.15) is 11.6 Å². The van der Waals surface area contributed by atoms with E-state index in [-0.39, 0.29) is 0 Å². The predicted molar refractivity (Wildman–Crippen MR) is 301 cm³/mol. The fourth-order valence-corrected chi connectivity index (χ4v) is 11.2. The molecule has 14 rings (SSSR count). The molecule has 2 aromatic heterocycles. The van der Waals surface area contributed by atoms with Gasteiger partial charge < -0.3 is 0 Å². The van der Waals surface area contributed by atoms with Crippen LogP contribution < -0.4 is 0 Å². The van der Waals surface area contributed by atoms with Crippen LogP contribution in [0, 0.1) is 0 Å². The molecular formula is C68H44N4. The van der Waals surface area contributed by atoms with Gasteiger partial charge in [0.15, 0.2) is 0 Å². The number of hydrogen-bond acceptors (Lipinski definition) is 2. The summed E-state index contributed by atoms with van der Waals surface area (Å²) in [5.41, 5.74) is 17.5. The number of para-hydroxylation sites is 6. The second-order valence-corrected chi connectivity index (χ2v) is 18.4. The number of hydrogen-bond donors (Lipinski definition) is 0. The Kier molecular flexibility index (Phi) is 9.82. The molecule has 12 aromatic carbocycles. The van der Waals surface area contributed by atoms with Gasteiger partial charge in [-0.3, -0.25) is 9.13 Å². The quantitative estimate of drug-likeness (QED) is 0.142. The Hall–Kier alpha value is -9.64. The second-order valence-electron chi connectivity index (χ2n) is 18.4. The Morgan fingerprint density at radius 2 is 0.542 bits per heavy atom. The number of benzene rings is 12. The highest BCUT2D eigenvalue weighted by atomic mass is 15.1. The van der Waals surface area contributed by atoms with Crippen molar-refractivity contribution < 1.29 is 0 Å². The third-order valence-electron chi connectivity index (χ3n) is 14.3. The molecular weight excluding hydrogens is 873 g/mol. The van der Waals surface area contributed by atoms with Crippen molar-refractivity contribution in [3.63, 3.8) is 0 Å². The second kappa shape index (κ2) is 17.1. The molecule has 0 aliphatic heterocycles. The van der Waals surface area contributed by atoms with E-state index in [1.165, 1.54) is 33.0 Å². The minimum atomic E-state index is 0.890. The zero-order valence-corrected chi connectivity index (χ0v) is 39.2. The van der Waals surface area contributed by atoms with Gasteiger partial charge >= 0.3 is 0 Å². The molecule has 0 radical (unpaired) electrons. The molecule has 0 spiro atoms. The van der Waals surface area contributed by atoms with Crippen molar-refractivity contribution in [2.45, 2.75) is 0 Å². The maximum Gasteiger partial charge on any atom is 0.145 e. The van der Waals surface area contributed by atoms with E-state index in [1.807, 2.05) is 0 Å². The molecule has 0 saturated heterocycles. The lowest BCUT2D eigenvalue weighted by Gasteiger charge is -2.27. The highest BCUT2D eigenvalue weighted by Crippen LogP contribution is 2.55. The van der Waals surface area contributed by atoms with E-state index in [1.54, 1.807) is 0 Å². The zero-order chi connectivity index (χ0) is 47.5. The lowest BCUT2D eigenvalue weighted by molar-refractivity contribution is 1.10. The summed E-state index contributed by atoms with van der Waals surface area (Å²) >= 11 is 0. The summed E-state index contributed by atoms with van der Waals surface area (Å²) in [7, 11) is 0. The lowest BCUT2D eigenvalue weighted by atomic mass is 9.76. The Morgan fingerprint density at radius 3 is 0.903 bits per heavy atom. The molecule has 4 nitrogen and oxygen atoms in total. The summed E-state index contributed by atoms with van der Waals surface area (Å²) in [5, 5.41) is 6.99. The number of fused-ring (bicyclic) bond motifs is 8. The Bertz CT molecular complexity index is 4050. The van der Waals surface area contributed by atoms with Crippen LogP contribution in [0.25, 0.3) is 133 Å². The van der Waals surface area contributed by atoms with Crippen LogP contribution in [0.3, 0.4) is 0 Å². The molecule has 0 aliphatic carbocycles. The number of aromatic nitrogens is 4. The molecule has 0 unspecified atom stereocenters. The molecule has 0 aliphatic rings. The van der Waals surface area contributed by atoms with Gasteiger partial charge in [0, 0.05) is 22.5 Å². The number of rotatable bonds is 8. The first-order valence-corrected chi connectivity index (χ1v) is 24.6. The minimum absolute atomic E-state index is 0.890. The largest absolute Gasteiger partial charge is 0.292 e. The van der Waals surface area contributed by atoms with E-state index in [9.17, 15) is 0 Å². The first-order valence-electron chi connectivity index (χ1n) is 24.6. The lowest BCUT2D eigenvalue weighted by Crippen LogP contribution is -2.01. The van der Waals surface area contributed by atoms with Crippen molar-refractivity contribution in [2.75, 3.05) is 0 Å². The summed E-state index contributed by atoms with van der Waals surface area (Å²) in [5.74, 6) is 1.78. The molecule has 0 fully saturated rings. The van der Waals surface area contributed by atoms with Gasteiger partial charge in [0.25, 0.3) is 0 Å². The topological polar surface area (TPSA) is 35.6 Å². The van der Waals surface area contributed by atoms with Crippen molar-refractivity contribution in [3.05, 3.63) is 267 Å². The van der Waals surface area contributed by atoms with Crippen LogP contribution in [-0.4, -0.2) is 19.1 Å². The maximum absolute atomic E-state index is 5.42. The average Bonchev–Trinajstić information content (AvgIpc) is 4.06. The van der Waals surface area contributed by atoms with Crippen molar-refractivity contribution in [2.24, 2.45) is 0 Å². The van der Waals surface area contributed by atoms with Crippen LogP contribution in [0.4, 0.5) is 0 Å². The third-order valence-corrected chi connectivity index (χ3v) is 14.3. The van der Waals surface area contributed by atoms with Gasteiger partial charge in [-0.1, -0.05) is 206 Å². The summed E-state index contributed by atoms with van der Waals surface area (Å²) < 4.78 is 4.61. The number of imidazole rings is 2. The van der Waals surface area contributed by atoms with E-state index < -0.39 is 0 Å². The molecule has 0 saturated carbocycles. The summed E-state index contributed by atoms with van der Waals surface area (Å²) in [4.78, 5) is 10.8. The molecule has 0 N–H and O–H groups in total. The standard InChI is InChI=1S/C68H44N4/c1-7-23-45(24-8-1)61-62(46-25-9-2-10-26-46)64(48-29-13-4-14-30-48)66-56-44-50(68-70-58-36-20-22-38-60(58)72(68)52-33-17-6-18-34-52)40-42-54(56)53-41-39-49(43-55(53)65(66)63(61)47-27-11-3-12-28-47)67-69-57-35-19-21-37-59(57)71(67)51-31-15-5-16-32-51/h1-44H. The molecule has 4 heteroatoms. The summed E-state index contributed by atoms with van der Waals surface area (Å²) in [6.07, 6.45) is 0. The molecule has 336 valence electrons. The van der Waals surface area contributed by atoms with Crippen molar-refractivity contribution in [1.29, 1.82) is 0 Å². The Labute approximate surface area is 417 Å². The van der Waals surface area contributed by atoms with Gasteiger partial charge in [0.05, 0.1) is 22.1 Å². The monoisotopic (exact) mass is 916 g/mol. The van der Waals surface area contributed by atoms with E-state index in [0.717, 1.165) is 100 Å². The molecule has 0 bridgehead atoms. The van der Waals surface area contributed by atoms with Gasteiger partial charge in [-0.05, 0) is 137 Å². The SMILES string of the molecule is c1ccc(-c2c(-c3ccccc3)c(-c3ccccc3)c3c4cc(-c5nc6ccccc6n5-c5ccccc5)ccc4c4ccc(-c5nc6ccccc6n5-c5ccccc5)cc4c3c2-c2ccccc2)cc1. The average molecular weight is 917 g/mol. The molecule has 72 heavy (non-hydrogen) atoms. The van der Waals surface area contributed by atoms with Crippen LogP contribution in [0.15, 0.2) is 267 Å². The summed E-state index contributed by atoms with van der Waals surface area (Å²) in [6, 6.07) is 96.3. The summed E-state index contributed by atoms with van der Waals surface area (Å²) in [6.45, 7) is 0. The van der Waals surface area contributed by atoms with Crippen LogP contribution in [0.2, 0.25) is 0 Å². The maximum atomic E-state index is 5.42. The fourth-order valence-electron chi connectivity index (χ4n) is 11.2. The Balaban J connectivity index is 1.22.